The molecule has 0 aromatic carbocycles. The minimum atomic E-state index is -0.389. The number of alkyl halides is 1. The van der Waals surface area contributed by atoms with Gasteiger partial charge in [-0.1, -0.05) is 22.9 Å². The third-order valence-electron chi connectivity index (χ3n) is 10.0. The molecule has 172 valence electrons. The number of fused-ring (bicyclic) bond motifs is 3. The molecule has 5 aliphatic rings. The van der Waals surface area contributed by atoms with Crippen molar-refractivity contribution in [3.05, 3.63) is 0 Å². The Labute approximate surface area is 192 Å². The van der Waals surface area contributed by atoms with E-state index < -0.39 is 0 Å². The fourth-order valence-electron chi connectivity index (χ4n) is 8.69. The molecule has 5 fully saturated rings. The lowest BCUT2D eigenvalue weighted by Gasteiger charge is -2.62. The maximum absolute atomic E-state index is 12.9. The summed E-state index contributed by atoms with van der Waals surface area (Å²) in [6, 6.07) is 0. The first kappa shape index (κ1) is 21.9. The second-order valence-corrected chi connectivity index (χ2v) is 12.4. The van der Waals surface area contributed by atoms with Crippen molar-refractivity contribution in [2.75, 3.05) is 13.2 Å². The second-order valence-electron chi connectivity index (χ2n) is 10.9. The Balaban J connectivity index is 1.39. The van der Waals surface area contributed by atoms with Crippen LogP contribution in [0.3, 0.4) is 0 Å². The zero-order valence-electron chi connectivity index (χ0n) is 18.4. The van der Waals surface area contributed by atoms with E-state index in [0.717, 1.165) is 58.0 Å². The molecule has 4 saturated carbocycles. The van der Waals surface area contributed by atoms with E-state index in [-0.39, 0.29) is 51.6 Å². The standard InChI is InChI=1S/C24H33BrO6/c1-14(27)29-11-20(28)19-4-3-17-16-9-21-24(25)10-15(31-13-26)5-8-23(24,12-30-21)18(16)6-7-22(17,19)2/h13,15-19,21H,3-12H2,1-2H3/t15-,16-,17-,18-,19+,21-,22-,23-,24-/m0/s1. The molecule has 0 spiro atoms. The molecule has 0 N–H and O–H groups in total. The number of halogens is 1. The molecular weight excluding hydrogens is 464 g/mol. The Hall–Kier alpha value is -0.950. The number of hydrogen-bond acceptors (Lipinski definition) is 6. The van der Waals surface area contributed by atoms with Crippen LogP contribution in [0.15, 0.2) is 0 Å². The van der Waals surface area contributed by atoms with Gasteiger partial charge in [-0.25, -0.2) is 0 Å². The molecule has 6 nitrogen and oxygen atoms in total. The monoisotopic (exact) mass is 496 g/mol. The fraction of sp³-hybridized carbons (Fsp3) is 0.875. The topological polar surface area (TPSA) is 78.9 Å². The molecule has 0 aromatic heterocycles. The minimum Gasteiger partial charge on any atom is -0.465 e. The molecule has 4 aliphatic carbocycles. The van der Waals surface area contributed by atoms with Crippen LogP contribution in [0.25, 0.3) is 0 Å². The minimum absolute atomic E-state index is 0.0127. The van der Waals surface area contributed by atoms with E-state index in [2.05, 4.69) is 22.9 Å². The summed E-state index contributed by atoms with van der Waals surface area (Å²) in [5, 5.41) is 0. The SMILES string of the molecule is CC(=O)OCC(=O)[C@H]1CC[C@H]2[C@@H]3C[C@@H]4OC[C@@]5(CC[C@H](OC=O)C[C@]45Br)[C@H]3CC[C@]12C. The maximum atomic E-state index is 12.9. The van der Waals surface area contributed by atoms with Crippen LogP contribution in [0.4, 0.5) is 0 Å². The predicted octanol–water partition coefficient (Wildman–Crippen LogP) is 3.83. The van der Waals surface area contributed by atoms with Crippen LogP contribution in [0.5, 0.6) is 0 Å². The number of ketones is 1. The molecule has 7 heteroatoms. The molecule has 0 radical (unpaired) electrons. The van der Waals surface area contributed by atoms with E-state index in [9.17, 15) is 14.4 Å². The zero-order valence-corrected chi connectivity index (χ0v) is 20.0. The van der Waals surface area contributed by atoms with Crippen LogP contribution < -0.4 is 0 Å². The van der Waals surface area contributed by atoms with Crippen LogP contribution in [-0.2, 0) is 28.6 Å². The number of esters is 1. The molecule has 1 aliphatic heterocycles. The van der Waals surface area contributed by atoms with Crippen molar-refractivity contribution in [2.45, 2.75) is 81.7 Å². The first-order valence-corrected chi connectivity index (χ1v) is 12.6. The number of rotatable bonds is 5. The third-order valence-corrected chi connectivity index (χ3v) is 11.6. The van der Waals surface area contributed by atoms with Gasteiger partial charge in [-0.15, -0.1) is 0 Å². The summed E-state index contributed by atoms with van der Waals surface area (Å²) in [5.74, 6) is 1.34. The molecule has 9 atom stereocenters. The summed E-state index contributed by atoms with van der Waals surface area (Å²) in [7, 11) is 0. The maximum Gasteiger partial charge on any atom is 0.303 e. The van der Waals surface area contributed by atoms with Gasteiger partial charge in [0.15, 0.2) is 5.78 Å². The molecule has 1 saturated heterocycles. The Kier molecular flexibility index (Phi) is 5.32. The van der Waals surface area contributed by atoms with Gasteiger partial charge in [0.1, 0.15) is 12.7 Å². The highest BCUT2D eigenvalue weighted by Crippen LogP contribution is 2.72. The Morgan fingerprint density at radius 1 is 1.16 bits per heavy atom. The number of carbonyl (C=O) groups excluding carboxylic acids is 3. The van der Waals surface area contributed by atoms with Crippen LogP contribution in [0.2, 0.25) is 0 Å². The highest BCUT2D eigenvalue weighted by atomic mass is 79.9. The molecule has 5 rings (SSSR count). The zero-order chi connectivity index (χ0) is 22.0. The number of hydrogen-bond donors (Lipinski definition) is 0. The lowest BCUT2D eigenvalue weighted by Crippen LogP contribution is -2.63. The smallest absolute Gasteiger partial charge is 0.303 e. The van der Waals surface area contributed by atoms with Crippen molar-refractivity contribution < 1.29 is 28.6 Å². The molecule has 0 unspecified atom stereocenters. The molecular formula is C24H33BrO6. The van der Waals surface area contributed by atoms with E-state index in [1.807, 2.05) is 0 Å². The second kappa shape index (κ2) is 7.54. The van der Waals surface area contributed by atoms with Gasteiger partial charge in [0, 0.05) is 24.7 Å². The first-order valence-electron chi connectivity index (χ1n) is 11.8. The van der Waals surface area contributed by atoms with Crippen molar-refractivity contribution in [1.29, 1.82) is 0 Å². The Morgan fingerprint density at radius 2 is 1.97 bits per heavy atom. The van der Waals surface area contributed by atoms with E-state index >= 15 is 0 Å². The summed E-state index contributed by atoms with van der Waals surface area (Å²) < 4.78 is 16.8. The van der Waals surface area contributed by atoms with Gasteiger partial charge in [0.05, 0.1) is 17.0 Å². The van der Waals surface area contributed by atoms with Crippen LogP contribution in [0, 0.1) is 34.5 Å². The first-order chi connectivity index (χ1) is 14.7. The largest absolute Gasteiger partial charge is 0.465 e. The molecule has 31 heavy (non-hydrogen) atoms. The average molecular weight is 497 g/mol. The van der Waals surface area contributed by atoms with E-state index in [4.69, 9.17) is 14.2 Å². The highest BCUT2D eigenvalue weighted by Gasteiger charge is 2.72. The predicted molar refractivity (Wildman–Crippen MR) is 115 cm³/mol. The van der Waals surface area contributed by atoms with Crippen LogP contribution in [0.1, 0.15) is 65.2 Å². The molecule has 1 heterocycles. The summed E-state index contributed by atoms with van der Waals surface area (Å²) in [6.45, 7) is 4.95. The highest BCUT2D eigenvalue weighted by molar-refractivity contribution is 9.10. The van der Waals surface area contributed by atoms with Crippen molar-refractivity contribution >= 4 is 34.2 Å². The van der Waals surface area contributed by atoms with Crippen molar-refractivity contribution in [2.24, 2.45) is 34.5 Å². The summed E-state index contributed by atoms with van der Waals surface area (Å²) in [4.78, 5) is 35.1. The summed E-state index contributed by atoms with van der Waals surface area (Å²) in [6.07, 6.45) is 7.97. The van der Waals surface area contributed by atoms with Crippen molar-refractivity contribution in [3.8, 4) is 0 Å². The van der Waals surface area contributed by atoms with E-state index in [1.165, 1.54) is 6.92 Å². The molecule has 0 aromatic rings. The Bertz CT molecular complexity index is 786. The molecule has 2 bridgehead atoms. The van der Waals surface area contributed by atoms with Gasteiger partial charge in [-0.3, -0.25) is 14.4 Å². The van der Waals surface area contributed by atoms with E-state index in [1.54, 1.807) is 0 Å². The quantitative estimate of drug-likeness (QED) is 0.327. The average Bonchev–Trinajstić information content (AvgIpc) is 3.15. The molecule has 0 amide bonds. The lowest BCUT2D eigenvalue weighted by molar-refractivity contribution is -0.150. The van der Waals surface area contributed by atoms with Gasteiger partial charge in [0.25, 0.3) is 6.47 Å². The van der Waals surface area contributed by atoms with Gasteiger partial charge in [-0.2, -0.15) is 0 Å². The summed E-state index contributed by atoms with van der Waals surface area (Å²) >= 11 is 4.16. The van der Waals surface area contributed by atoms with Crippen molar-refractivity contribution in [1.82, 2.24) is 0 Å². The van der Waals surface area contributed by atoms with Gasteiger partial charge in [-0.05, 0) is 68.1 Å². The fourth-order valence-corrected chi connectivity index (χ4v) is 9.98. The van der Waals surface area contributed by atoms with Gasteiger partial charge < -0.3 is 14.2 Å². The number of ether oxygens (including phenoxy) is 3. The number of Topliss-reactive ketones (excluding diaryl/α,β-unsaturated/α-hetero) is 1. The lowest BCUT2D eigenvalue weighted by atomic mass is 9.44. The third kappa shape index (κ3) is 3.01. The van der Waals surface area contributed by atoms with Gasteiger partial charge >= 0.3 is 5.97 Å². The van der Waals surface area contributed by atoms with Crippen molar-refractivity contribution in [3.63, 3.8) is 0 Å². The summed E-state index contributed by atoms with van der Waals surface area (Å²) in [5.41, 5.74) is 0.0725. The normalized spacial score (nSPS) is 50.0. The van der Waals surface area contributed by atoms with E-state index in [0.29, 0.717) is 24.2 Å². The van der Waals surface area contributed by atoms with Gasteiger partial charge in [0.2, 0.25) is 0 Å². The Morgan fingerprint density at radius 3 is 2.71 bits per heavy atom. The number of carbonyl (C=O) groups is 3. The van der Waals surface area contributed by atoms with Crippen LogP contribution in [-0.4, -0.2) is 48.0 Å². The van der Waals surface area contributed by atoms with Crippen LogP contribution >= 0.6 is 15.9 Å².